The van der Waals surface area contributed by atoms with Crippen molar-refractivity contribution in [3.8, 4) is 28.7 Å². The Morgan fingerprint density at radius 3 is 1.29 bits per heavy atom. The van der Waals surface area contributed by atoms with Crippen molar-refractivity contribution in [1.82, 2.24) is 10.6 Å². The molecule has 9 heteroatoms. The van der Waals surface area contributed by atoms with Gasteiger partial charge in [-0.2, -0.15) is 0 Å². The Bertz CT molecular complexity index is 896. The van der Waals surface area contributed by atoms with Crippen molar-refractivity contribution in [2.75, 3.05) is 47.1 Å². The zero-order valence-electron chi connectivity index (χ0n) is 21.8. The summed E-state index contributed by atoms with van der Waals surface area (Å²) < 4.78 is 27.4. The van der Waals surface area contributed by atoms with Gasteiger partial charge >= 0.3 is 0 Å². The molecule has 0 unspecified atom stereocenters. The lowest BCUT2D eigenvalue weighted by Crippen LogP contribution is -2.18. The van der Waals surface area contributed by atoms with Crippen molar-refractivity contribution in [2.24, 2.45) is 0 Å². The van der Waals surface area contributed by atoms with Crippen molar-refractivity contribution in [2.45, 2.75) is 34.6 Å². The smallest absolute Gasteiger partial charge is 0.251 e. The van der Waals surface area contributed by atoms with Crippen molar-refractivity contribution in [3.05, 3.63) is 41.5 Å². The molecule has 2 N–H and O–H groups in total. The first-order valence-corrected chi connectivity index (χ1v) is 11.8. The molecule has 2 aromatic rings. The molecule has 0 spiro atoms. The summed E-state index contributed by atoms with van der Waals surface area (Å²) in [5.74, 6) is 2.54. The van der Waals surface area contributed by atoms with Crippen LogP contribution in [0.5, 0.6) is 28.7 Å². The molecule has 2 amide bonds. The van der Waals surface area contributed by atoms with Gasteiger partial charge in [0.25, 0.3) is 11.8 Å². The van der Waals surface area contributed by atoms with Crippen LogP contribution in [0.4, 0.5) is 0 Å². The minimum absolute atomic E-state index is 0.150. The van der Waals surface area contributed by atoms with Crippen molar-refractivity contribution in [1.29, 1.82) is 0 Å². The molecule has 0 bridgehead atoms. The van der Waals surface area contributed by atoms with Gasteiger partial charge in [-0.3, -0.25) is 9.59 Å². The molecule has 0 saturated carbocycles. The highest BCUT2D eigenvalue weighted by molar-refractivity contribution is 5.95. The van der Waals surface area contributed by atoms with Crippen LogP contribution in [0.2, 0.25) is 0 Å². The molecule has 0 fully saturated rings. The lowest BCUT2D eigenvalue weighted by molar-refractivity contribution is 0.0954. The first-order valence-electron chi connectivity index (χ1n) is 11.8. The van der Waals surface area contributed by atoms with Crippen LogP contribution in [0.3, 0.4) is 0 Å². The van der Waals surface area contributed by atoms with E-state index < -0.39 is 0 Å². The molecule has 0 aromatic heterocycles. The Balaban J connectivity index is 0.000000355. The molecule has 0 aliphatic rings. The molecule has 35 heavy (non-hydrogen) atoms. The Hall–Kier alpha value is -3.62. The van der Waals surface area contributed by atoms with Crippen LogP contribution in [0, 0.1) is 0 Å². The fourth-order valence-corrected chi connectivity index (χ4v) is 3.01. The summed E-state index contributed by atoms with van der Waals surface area (Å²) in [5, 5.41) is 5.15. The molecule has 2 aromatic carbocycles. The summed E-state index contributed by atoms with van der Waals surface area (Å²) in [5.41, 5.74) is 1.02. The van der Waals surface area contributed by atoms with E-state index in [0.717, 1.165) is 0 Å². The van der Waals surface area contributed by atoms with E-state index in [-0.39, 0.29) is 11.8 Å². The molecule has 0 heterocycles. The van der Waals surface area contributed by atoms with E-state index in [2.05, 4.69) is 10.6 Å². The van der Waals surface area contributed by atoms with E-state index in [1.165, 1.54) is 0 Å². The van der Waals surface area contributed by atoms with Gasteiger partial charge in [-0.15, -0.1) is 0 Å². The summed E-state index contributed by atoms with van der Waals surface area (Å²) in [4.78, 5) is 23.2. The quantitative estimate of drug-likeness (QED) is 0.462. The second-order valence-electron chi connectivity index (χ2n) is 6.82. The van der Waals surface area contributed by atoms with Gasteiger partial charge in [-0.25, -0.2) is 0 Å². The van der Waals surface area contributed by atoms with Gasteiger partial charge in [0.05, 0.1) is 33.0 Å². The zero-order chi connectivity index (χ0) is 26.2. The molecule has 0 radical (unpaired) electrons. The number of carbonyl (C=O) groups is 2. The number of benzene rings is 2. The lowest BCUT2D eigenvalue weighted by Gasteiger charge is -2.16. The average Bonchev–Trinajstić information content (AvgIpc) is 2.85. The molecule has 0 aliphatic heterocycles. The van der Waals surface area contributed by atoms with Gasteiger partial charge in [-0.05, 0) is 58.9 Å². The highest BCUT2D eigenvalue weighted by atomic mass is 16.5. The Morgan fingerprint density at radius 1 is 0.571 bits per heavy atom. The second-order valence-corrected chi connectivity index (χ2v) is 6.82. The first-order chi connectivity index (χ1) is 16.9. The van der Waals surface area contributed by atoms with Crippen molar-refractivity contribution < 1.29 is 33.3 Å². The van der Waals surface area contributed by atoms with Crippen molar-refractivity contribution >= 4 is 11.8 Å². The highest BCUT2D eigenvalue weighted by Crippen LogP contribution is 2.39. The number of amides is 2. The third kappa shape index (κ3) is 9.27. The Morgan fingerprint density at radius 2 is 0.943 bits per heavy atom. The fraction of sp³-hybridized carbons (Fsp3) is 0.462. The van der Waals surface area contributed by atoms with E-state index in [1.807, 2.05) is 34.6 Å². The molecular formula is C26H38N2O7. The number of nitrogens with one attached hydrogen (secondary N) is 2. The van der Waals surface area contributed by atoms with E-state index in [9.17, 15) is 9.59 Å². The van der Waals surface area contributed by atoms with Gasteiger partial charge in [0.1, 0.15) is 11.5 Å². The largest absolute Gasteiger partial charge is 0.494 e. The molecule has 2 rings (SSSR count). The molecule has 9 nitrogen and oxygen atoms in total. The average molecular weight is 491 g/mol. The number of ether oxygens (including phenoxy) is 5. The van der Waals surface area contributed by atoms with E-state index in [1.54, 1.807) is 44.4 Å². The third-order valence-electron chi connectivity index (χ3n) is 4.39. The van der Waals surface area contributed by atoms with E-state index in [4.69, 9.17) is 23.7 Å². The molecule has 0 atom stereocenters. The number of rotatable bonds is 12. The van der Waals surface area contributed by atoms with E-state index in [0.29, 0.717) is 72.9 Å². The number of hydrogen-bond acceptors (Lipinski definition) is 7. The van der Waals surface area contributed by atoms with Gasteiger partial charge in [0.2, 0.25) is 5.75 Å². The van der Waals surface area contributed by atoms with Gasteiger partial charge in [-0.1, -0.05) is 0 Å². The number of hydrogen-bond donors (Lipinski definition) is 2. The van der Waals surface area contributed by atoms with Gasteiger partial charge < -0.3 is 34.3 Å². The van der Waals surface area contributed by atoms with Crippen LogP contribution in [-0.4, -0.2) is 58.9 Å². The maximum atomic E-state index is 11.7. The van der Waals surface area contributed by atoms with Crippen molar-refractivity contribution in [3.63, 3.8) is 0 Å². The summed E-state index contributed by atoms with van der Waals surface area (Å²) >= 11 is 0. The van der Waals surface area contributed by atoms with Crippen LogP contribution in [-0.2, 0) is 0 Å². The lowest BCUT2D eigenvalue weighted by atomic mass is 10.1. The summed E-state index contributed by atoms with van der Waals surface area (Å²) in [7, 11) is 3.18. The maximum absolute atomic E-state index is 11.7. The standard InChI is InChI=1S/C14H21NO4.C12H17NO3/c1-5-17-11-8-10(14(16)15-4)9-12(18-6-2)13(11)19-7-3;1-4-15-10-6-9(12(14)13-3)7-11(8-10)16-5-2/h8-9H,5-7H2,1-4H3,(H,15,16);6-8H,4-5H2,1-3H3,(H,13,14). The predicted octanol–water partition coefficient (Wildman–Crippen LogP) is 4.09. The minimum Gasteiger partial charge on any atom is -0.494 e. The summed E-state index contributed by atoms with van der Waals surface area (Å²) in [6.45, 7) is 12.0. The molecule has 194 valence electrons. The summed E-state index contributed by atoms with van der Waals surface area (Å²) in [6, 6.07) is 8.50. The highest BCUT2D eigenvalue weighted by Gasteiger charge is 2.17. The van der Waals surface area contributed by atoms with Crippen LogP contribution >= 0.6 is 0 Å². The Labute approximate surface area is 208 Å². The van der Waals surface area contributed by atoms with Crippen LogP contribution < -0.4 is 34.3 Å². The van der Waals surface area contributed by atoms with Crippen LogP contribution in [0.1, 0.15) is 55.3 Å². The molecular weight excluding hydrogens is 452 g/mol. The topological polar surface area (TPSA) is 104 Å². The second kappa shape index (κ2) is 16.1. The fourth-order valence-electron chi connectivity index (χ4n) is 3.01. The minimum atomic E-state index is -0.190. The van der Waals surface area contributed by atoms with E-state index >= 15 is 0 Å². The maximum Gasteiger partial charge on any atom is 0.251 e. The molecule has 0 aliphatic carbocycles. The SMILES string of the molecule is CCOc1cc(C(=O)NC)cc(OCC)c1OCC.CCOc1cc(OCC)cc(C(=O)NC)c1. The van der Waals surface area contributed by atoms with Gasteiger partial charge in [0, 0.05) is 31.3 Å². The van der Waals surface area contributed by atoms with Gasteiger partial charge in [0.15, 0.2) is 11.5 Å². The van der Waals surface area contributed by atoms with Crippen LogP contribution in [0.15, 0.2) is 30.3 Å². The monoisotopic (exact) mass is 490 g/mol. The normalized spacial score (nSPS) is 9.80. The zero-order valence-corrected chi connectivity index (χ0v) is 21.8. The Kier molecular flexibility index (Phi) is 13.5. The third-order valence-corrected chi connectivity index (χ3v) is 4.39. The van der Waals surface area contributed by atoms with Crippen LogP contribution in [0.25, 0.3) is 0 Å². The number of carbonyl (C=O) groups excluding carboxylic acids is 2. The predicted molar refractivity (Wildman–Crippen MR) is 136 cm³/mol. The summed E-state index contributed by atoms with van der Waals surface area (Å²) in [6.07, 6.45) is 0. The first kappa shape index (κ1) is 29.4. The molecule has 0 saturated heterocycles.